The Kier molecular flexibility index (Phi) is 6.40. The van der Waals surface area contributed by atoms with E-state index in [-0.39, 0.29) is 0 Å². The van der Waals surface area contributed by atoms with Gasteiger partial charge in [-0.1, -0.05) is 19.3 Å². The van der Waals surface area contributed by atoms with E-state index in [0.717, 1.165) is 0 Å². The molecule has 0 bridgehead atoms. The second kappa shape index (κ2) is 7.62. The fourth-order valence-electron chi connectivity index (χ4n) is 1.86. The molecule has 0 heterocycles. The fraction of sp³-hybridized carbons (Fsp3) is 0.900. The third kappa shape index (κ3) is 5.46. The topological polar surface area (TPSA) is 79.5 Å². The lowest BCUT2D eigenvalue weighted by Crippen LogP contribution is -2.47. The summed E-state index contributed by atoms with van der Waals surface area (Å²) >= 11 is 0. The van der Waals surface area contributed by atoms with Gasteiger partial charge in [-0.15, -0.1) is 0 Å². The van der Waals surface area contributed by atoms with Crippen LogP contribution in [0.15, 0.2) is 4.99 Å². The molecular weight excluding hydrogens is 224 g/mol. The second-order valence-corrected chi connectivity index (χ2v) is 5.69. The van der Waals surface area contributed by atoms with Crippen molar-refractivity contribution in [2.75, 3.05) is 18.6 Å². The van der Waals surface area contributed by atoms with Crippen molar-refractivity contribution in [2.24, 2.45) is 10.8 Å². The summed E-state index contributed by atoms with van der Waals surface area (Å²) in [6, 6.07) is 0.482. The number of nitrogens with one attached hydrogen (secondary N) is 2. The summed E-state index contributed by atoms with van der Waals surface area (Å²) in [7, 11) is -0.794. The first-order chi connectivity index (χ1) is 7.72. The van der Waals surface area contributed by atoms with Gasteiger partial charge in [-0.05, 0) is 12.8 Å². The smallest absolute Gasteiger partial charge is 0.205 e. The molecule has 1 atom stereocenters. The lowest BCUT2D eigenvalue weighted by molar-refractivity contribution is 0.410. The third-order valence-corrected chi connectivity index (χ3v) is 3.49. The molecule has 6 heteroatoms. The number of nitrogens with zero attached hydrogens (tertiary/aromatic N) is 1. The first kappa shape index (κ1) is 13.4. The van der Waals surface area contributed by atoms with Gasteiger partial charge in [0.25, 0.3) is 0 Å². The van der Waals surface area contributed by atoms with Crippen LogP contribution in [0.25, 0.3) is 0 Å². The molecule has 0 amide bonds. The van der Waals surface area contributed by atoms with E-state index in [9.17, 15) is 4.21 Å². The van der Waals surface area contributed by atoms with Gasteiger partial charge in [0.15, 0.2) is 0 Å². The number of guanidine groups is 1. The molecule has 16 heavy (non-hydrogen) atoms. The maximum atomic E-state index is 10.9. The minimum absolute atomic E-state index is 0.482. The summed E-state index contributed by atoms with van der Waals surface area (Å²) in [5, 5.41) is 3.29. The minimum Gasteiger partial charge on any atom is -0.353 e. The lowest BCUT2D eigenvalue weighted by Gasteiger charge is -2.24. The highest BCUT2D eigenvalue weighted by Gasteiger charge is 2.13. The van der Waals surface area contributed by atoms with Crippen molar-refractivity contribution in [2.45, 2.75) is 38.1 Å². The molecule has 94 valence electrons. The molecule has 1 aliphatic carbocycles. The van der Waals surface area contributed by atoms with Crippen LogP contribution in [0.2, 0.25) is 0 Å². The molecule has 0 aromatic rings. The zero-order valence-electron chi connectivity index (χ0n) is 9.87. The average molecular weight is 246 g/mol. The highest BCUT2D eigenvalue weighted by atomic mass is 32.2. The zero-order chi connectivity index (χ0) is 11.8. The van der Waals surface area contributed by atoms with Gasteiger partial charge < -0.3 is 5.32 Å². The van der Waals surface area contributed by atoms with Crippen LogP contribution in [-0.2, 0) is 10.8 Å². The van der Waals surface area contributed by atoms with E-state index in [1.54, 1.807) is 6.26 Å². The fourth-order valence-corrected chi connectivity index (χ4v) is 2.21. The van der Waals surface area contributed by atoms with Crippen LogP contribution in [0.5, 0.6) is 0 Å². The van der Waals surface area contributed by atoms with Crippen molar-refractivity contribution in [3.05, 3.63) is 0 Å². The van der Waals surface area contributed by atoms with Gasteiger partial charge in [-0.2, -0.15) is 0 Å². The Balaban J connectivity index is 2.31. The molecule has 1 unspecified atom stereocenters. The number of hydrogen-bond acceptors (Lipinski definition) is 3. The number of aliphatic imine (C=N–C) groups is 1. The number of nitrogens with two attached hydrogens (primary N) is 1. The van der Waals surface area contributed by atoms with E-state index in [0.29, 0.717) is 24.3 Å². The quantitative estimate of drug-likeness (QED) is 0.285. The van der Waals surface area contributed by atoms with Gasteiger partial charge in [0.1, 0.15) is 0 Å². The highest BCUT2D eigenvalue weighted by molar-refractivity contribution is 7.84. The summed E-state index contributed by atoms with van der Waals surface area (Å²) in [4.78, 5) is 4.25. The first-order valence-electron chi connectivity index (χ1n) is 5.80. The Bertz CT molecular complexity index is 251. The minimum atomic E-state index is -0.794. The normalized spacial score (nSPS) is 20.5. The molecule has 4 N–H and O–H groups in total. The van der Waals surface area contributed by atoms with Crippen molar-refractivity contribution in [3.8, 4) is 0 Å². The maximum absolute atomic E-state index is 10.9. The van der Waals surface area contributed by atoms with E-state index in [1.165, 1.54) is 32.1 Å². The van der Waals surface area contributed by atoms with Crippen LogP contribution in [0.1, 0.15) is 32.1 Å². The molecule has 5 nitrogen and oxygen atoms in total. The van der Waals surface area contributed by atoms with Gasteiger partial charge in [0.2, 0.25) is 5.96 Å². The summed E-state index contributed by atoms with van der Waals surface area (Å²) in [5.74, 6) is 6.59. The van der Waals surface area contributed by atoms with E-state index in [4.69, 9.17) is 5.84 Å². The van der Waals surface area contributed by atoms with E-state index in [1.807, 2.05) is 0 Å². The largest absolute Gasteiger partial charge is 0.353 e. The summed E-state index contributed by atoms with van der Waals surface area (Å²) < 4.78 is 10.9. The average Bonchev–Trinajstić information content (AvgIpc) is 2.28. The standard InChI is InChI=1S/C10H22N4OS/c1-16(15)8-7-12-10(14-11)13-9-5-3-2-4-6-9/h9H,2-8,11H2,1H3,(H2,12,13,14). The Hall–Kier alpha value is -0.620. The van der Waals surface area contributed by atoms with Crippen molar-refractivity contribution in [1.29, 1.82) is 0 Å². The van der Waals surface area contributed by atoms with Crippen LogP contribution in [0, 0.1) is 0 Å². The number of rotatable bonds is 4. The molecule has 1 fully saturated rings. The van der Waals surface area contributed by atoms with Crippen LogP contribution < -0.4 is 16.6 Å². The van der Waals surface area contributed by atoms with E-state index < -0.39 is 10.8 Å². The Labute approximate surface area is 99.7 Å². The van der Waals surface area contributed by atoms with Crippen molar-refractivity contribution >= 4 is 16.8 Å². The molecule has 1 rings (SSSR count). The van der Waals surface area contributed by atoms with Crippen molar-refractivity contribution in [3.63, 3.8) is 0 Å². The van der Waals surface area contributed by atoms with E-state index >= 15 is 0 Å². The maximum Gasteiger partial charge on any atom is 0.205 e. The van der Waals surface area contributed by atoms with Crippen LogP contribution in [0.4, 0.5) is 0 Å². The molecule has 1 aliphatic rings. The van der Waals surface area contributed by atoms with Gasteiger partial charge in [-0.3, -0.25) is 14.6 Å². The SMILES string of the molecule is CS(=O)CCN=C(NN)NC1CCCCC1. The highest BCUT2D eigenvalue weighted by Crippen LogP contribution is 2.16. The predicted molar refractivity (Wildman–Crippen MR) is 68.6 cm³/mol. The number of hydrogen-bond donors (Lipinski definition) is 3. The molecule has 0 spiro atoms. The molecular formula is C10H22N4OS. The van der Waals surface area contributed by atoms with Crippen molar-refractivity contribution in [1.82, 2.24) is 10.7 Å². The molecule has 0 aromatic heterocycles. The van der Waals surface area contributed by atoms with Gasteiger partial charge in [-0.25, -0.2) is 5.84 Å². The Morgan fingerprint density at radius 3 is 2.69 bits per heavy atom. The Morgan fingerprint density at radius 2 is 2.12 bits per heavy atom. The second-order valence-electron chi connectivity index (χ2n) is 4.13. The summed E-state index contributed by atoms with van der Waals surface area (Å²) in [6.45, 7) is 0.544. The van der Waals surface area contributed by atoms with Crippen LogP contribution >= 0.6 is 0 Å². The molecule has 1 saturated carbocycles. The van der Waals surface area contributed by atoms with Crippen LogP contribution in [0.3, 0.4) is 0 Å². The van der Waals surface area contributed by atoms with Crippen molar-refractivity contribution < 1.29 is 4.21 Å². The van der Waals surface area contributed by atoms with Gasteiger partial charge in [0, 0.05) is 28.9 Å². The molecule has 0 aromatic carbocycles. The van der Waals surface area contributed by atoms with Gasteiger partial charge >= 0.3 is 0 Å². The van der Waals surface area contributed by atoms with E-state index in [2.05, 4.69) is 15.7 Å². The lowest BCUT2D eigenvalue weighted by atomic mass is 9.96. The number of hydrazine groups is 1. The zero-order valence-corrected chi connectivity index (χ0v) is 10.7. The molecule has 0 radical (unpaired) electrons. The molecule has 0 saturated heterocycles. The van der Waals surface area contributed by atoms with Crippen LogP contribution in [-0.4, -0.2) is 34.8 Å². The van der Waals surface area contributed by atoms with Gasteiger partial charge in [0.05, 0.1) is 6.54 Å². The first-order valence-corrected chi connectivity index (χ1v) is 7.52. The Morgan fingerprint density at radius 1 is 1.44 bits per heavy atom. The summed E-state index contributed by atoms with van der Waals surface area (Å²) in [5.41, 5.74) is 2.56. The predicted octanol–water partition coefficient (Wildman–Crippen LogP) is 0.107. The third-order valence-electron chi connectivity index (χ3n) is 2.73. The molecule has 0 aliphatic heterocycles. The monoisotopic (exact) mass is 246 g/mol. The summed E-state index contributed by atoms with van der Waals surface area (Å²) in [6.07, 6.45) is 7.92.